The molecule has 3 unspecified atom stereocenters. The monoisotopic (exact) mass is 359 g/mol. The number of amides is 1. The van der Waals surface area contributed by atoms with Gasteiger partial charge in [0.05, 0.1) is 6.04 Å². The highest BCUT2D eigenvalue weighted by Crippen LogP contribution is 2.26. The van der Waals surface area contributed by atoms with Crippen molar-refractivity contribution in [3.63, 3.8) is 0 Å². The summed E-state index contributed by atoms with van der Waals surface area (Å²) in [5.41, 5.74) is 7.17. The SMILES string of the molecule is Cl.Cl.NC(Cc1ccccc1)C(=O)NC1CCN2CCCC2C1. The number of nitrogens with two attached hydrogens (primary N) is 1. The van der Waals surface area contributed by atoms with Gasteiger partial charge in [0.15, 0.2) is 0 Å². The first-order chi connectivity index (χ1) is 10.2. The molecular formula is C17H27Cl2N3O. The van der Waals surface area contributed by atoms with Gasteiger partial charge in [-0.15, -0.1) is 24.8 Å². The van der Waals surface area contributed by atoms with E-state index < -0.39 is 6.04 Å². The van der Waals surface area contributed by atoms with E-state index in [0.29, 0.717) is 18.5 Å². The summed E-state index contributed by atoms with van der Waals surface area (Å²) in [6.07, 6.45) is 5.33. The third-order valence-corrected chi connectivity index (χ3v) is 4.80. The van der Waals surface area contributed by atoms with Gasteiger partial charge in [-0.2, -0.15) is 0 Å². The molecule has 0 aliphatic carbocycles. The smallest absolute Gasteiger partial charge is 0.237 e. The van der Waals surface area contributed by atoms with Crippen LogP contribution in [0.15, 0.2) is 30.3 Å². The van der Waals surface area contributed by atoms with Crippen molar-refractivity contribution in [2.75, 3.05) is 13.1 Å². The summed E-state index contributed by atoms with van der Waals surface area (Å²) in [5, 5.41) is 3.16. The Balaban J connectivity index is 0.00000132. The number of piperidine rings is 1. The van der Waals surface area contributed by atoms with Gasteiger partial charge in [-0.05, 0) is 44.2 Å². The van der Waals surface area contributed by atoms with Crippen molar-refractivity contribution in [1.82, 2.24) is 10.2 Å². The van der Waals surface area contributed by atoms with Crippen LogP contribution < -0.4 is 11.1 Å². The van der Waals surface area contributed by atoms with Crippen LogP contribution in [0, 0.1) is 0 Å². The van der Waals surface area contributed by atoms with Crippen molar-refractivity contribution >= 4 is 30.7 Å². The molecular weight excluding hydrogens is 333 g/mol. The first kappa shape index (κ1) is 20.2. The Bertz CT molecular complexity index is 486. The number of hydrogen-bond donors (Lipinski definition) is 2. The Labute approximate surface area is 151 Å². The minimum absolute atomic E-state index is 0. The number of nitrogens with one attached hydrogen (secondary N) is 1. The summed E-state index contributed by atoms with van der Waals surface area (Å²) in [4.78, 5) is 14.8. The van der Waals surface area contributed by atoms with Crippen molar-refractivity contribution in [3.8, 4) is 0 Å². The Morgan fingerprint density at radius 3 is 2.70 bits per heavy atom. The molecule has 3 rings (SSSR count). The third-order valence-electron chi connectivity index (χ3n) is 4.80. The number of halogens is 2. The van der Waals surface area contributed by atoms with Crippen LogP contribution in [0.4, 0.5) is 0 Å². The maximum atomic E-state index is 12.3. The molecule has 1 amide bonds. The maximum absolute atomic E-state index is 12.3. The number of carbonyl (C=O) groups is 1. The number of benzene rings is 1. The molecule has 2 heterocycles. The van der Waals surface area contributed by atoms with E-state index in [-0.39, 0.29) is 30.7 Å². The summed E-state index contributed by atoms with van der Waals surface area (Å²) in [6.45, 7) is 2.35. The van der Waals surface area contributed by atoms with E-state index in [4.69, 9.17) is 5.73 Å². The van der Waals surface area contributed by atoms with Gasteiger partial charge in [0.1, 0.15) is 0 Å². The van der Waals surface area contributed by atoms with Crippen LogP contribution in [0.5, 0.6) is 0 Å². The highest BCUT2D eigenvalue weighted by atomic mass is 35.5. The van der Waals surface area contributed by atoms with E-state index >= 15 is 0 Å². The molecule has 2 saturated heterocycles. The second-order valence-electron chi connectivity index (χ2n) is 6.36. The van der Waals surface area contributed by atoms with E-state index in [0.717, 1.165) is 24.9 Å². The molecule has 0 saturated carbocycles. The lowest BCUT2D eigenvalue weighted by Gasteiger charge is -2.35. The summed E-state index contributed by atoms with van der Waals surface area (Å²) in [6, 6.07) is 10.5. The Morgan fingerprint density at radius 1 is 1.22 bits per heavy atom. The highest BCUT2D eigenvalue weighted by molar-refractivity contribution is 5.85. The average Bonchev–Trinajstić information content (AvgIpc) is 2.95. The van der Waals surface area contributed by atoms with Crippen molar-refractivity contribution in [3.05, 3.63) is 35.9 Å². The molecule has 1 aromatic rings. The highest BCUT2D eigenvalue weighted by Gasteiger charge is 2.32. The molecule has 0 radical (unpaired) electrons. The van der Waals surface area contributed by atoms with Gasteiger partial charge < -0.3 is 16.0 Å². The van der Waals surface area contributed by atoms with E-state index in [2.05, 4.69) is 10.2 Å². The molecule has 23 heavy (non-hydrogen) atoms. The zero-order valence-electron chi connectivity index (χ0n) is 13.3. The largest absolute Gasteiger partial charge is 0.352 e. The molecule has 2 aliphatic rings. The number of nitrogens with zero attached hydrogens (tertiary/aromatic N) is 1. The molecule has 2 fully saturated rings. The standard InChI is InChI=1S/C17H25N3O.2ClH/c18-16(11-13-5-2-1-3-6-13)17(21)19-14-8-10-20-9-4-7-15(20)12-14;;/h1-3,5-6,14-16H,4,7-12,18H2,(H,19,21);2*1H. The zero-order chi connectivity index (χ0) is 14.7. The Hall–Kier alpha value is -0.810. The fraction of sp³-hybridized carbons (Fsp3) is 0.588. The predicted octanol–water partition coefficient (Wildman–Crippen LogP) is 2.14. The molecule has 3 atom stereocenters. The summed E-state index contributed by atoms with van der Waals surface area (Å²) >= 11 is 0. The normalized spacial score (nSPS) is 24.7. The van der Waals surface area contributed by atoms with Crippen LogP contribution in [-0.2, 0) is 11.2 Å². The first-order valence-electron chi connectivity index (χ1n) is 8.06. The van der Waals surface area contributed by atoms with Gasteiger partial charge in [0.25, 0.3) is 0 Å². The van der Waals surface area contributed by atoms with Crippen molar-refractivity contribution in [2.45, 2.75) is 50.2 Å². The zero-order valence-corrected chi connectivity index (χ0v) is 15.0. The fourth-order valence-corrected chi connectivity index (χ4v) is 3.62. The second-order valence-corrected chi connectivity index (χ2v) is 6.36. The molecule has 3 N–H and O–H groups in total. The van der Waals surface area contributed by atoms with Crippen LogP contribution >= 0.6 is 24.8 Å². The Kier molecular flexibility index (Phi) is 8.34. The molecule has 0 bridgehead atoms. The maximum Gasteiger partial charge on any atom is 0.237 e. The molecule has 4 nitrogen and oxygen atoms in total. The second kappa shape index (κ2) is 9.48. The lowest BCUT2D eigenvalue weighted by Crippen LogP contribution is -2.51. The summed E-state index contributed by atoms with van der Waals surface area (Å²) in [7, 11) is 0. The molecule has 6 heteroatoms. The van der Waals surface area contributed by atoms with Gasteiger partial charge in [-0.25, -0.2) is 0 Å². The minimum atomic E-state index is -0.450. The number of rotatable bonds is 4. The van der Waals surface area contributed by atoms with Gasteiger partial charge in [-0.1, -0.05) is 30.3 Å². The van der Waals surface area contributed by atoms with Gasteiger partial charge in [-0.3, -0.25) is 4.79 Å². The van der Waals surface area contributed by atoms with Crippen molar-refractivity contribution in [2.24, 2.45) is 5.73 Å². The van der Waals surface area contributed by atoms with Crippen LogP contribution in [0.2, 0.25) is 0 Å². The number of hydrogen-bond acceptors (Lipinski definition) is 3. The topological polar surface area (TPSA) is 58.4 Å². The van der Waals surface area contributed by atoms with E-state index in [1.165, 1.54) is 19.4 Å². The fourth-order valence-electron chi connectivity index (χ4n) is 3.62. The van der Waals surface area contributed by atoms with Crippen LogP contribution in [0.1, 0.15) is 31.2 Å². The number of fused-ring (bicyclic) bond motifs is 1. The van der Waals surface area contributed by atoms with Crippen molar-refractivity contribution < 1.29 is 4.79 Å². The molecule has 2 aliphatic heterocycles. The average molecular weight is 360 g/mol. The first-order valence-corrected chi connectivity index (χ1v) is 8.06. The predicted molar refractivity (Wildman–Crippen MR) is 98.4 cm³/mol. The lowest BCUT2D eigenvalue weighted by atomic mass is 9.97. The molecule has 0 spiro atoms. The van der Waals surface area contributed by atoms with Crippen LogP contribution in [0.3, 0.4) is 0 Å². The molecule has 0 aromatic heterocycles. The quantitative estimate of drug-likeness (QED) is 0.865. The van der Waals surface area contributed by atoms with E-state index in [1.54, 1.807) is 0 Å². The van der Waals surface area contributed by atoms with Crippen LogP contribution in [0.25, 0.3) is 0 Å². The summed E-state index contributed by atoms with van der Waals surface area (Å²) < 4.78 is 0. The van der Waals surface area contributed by atoms with Crippen molar-refractivity contribution in [1.29, 1.82) is 0 Å². The van der Waals surface area contributed by atoms with E-state index in [1.807, 2.05) is 30.3 Å². The van der Waals surface area contributed by atoms with Crippen LogP contribution in [-0.4, -0.2) is 42.0 Å². The lowest BCUT2D eigenvalue weighted by molar-refractivity contribution is -0.123. The number of carbonyl (C=O) groups excluding carboxylic acids is 1. The Morgan fingerprint density at radius 2 is 1.96 bits per heavy atom. The van der Waals surface area contributed by atoms with E-state index in [9.17, 15) is 4.79 Å². The van der Waals surface area contributed by atoms with Gasteiger partial charge in [0, 0.05) is 18.6 Å². The molecule has 1 aromatic carbocycles. The van der Waals surface area contributed by atoms with Gasteiger partial charge >= 0.3 is 0 Å². The molecule has 130 valence electrons. The third kappa shape index (κ3) is 5.35. The minimum Gasteiger partial charge on any atom is -0.352 e. The summed E-state index contributed by atoms with van der Waals surface area (Å²) in [5.74, 6) is -0.00435. The van der Waals surface area contributed by atoms with Gasteiger partial charge in [0.2, 0.25) is 5.91 Å².